The second kappa shape index (κ2) is 5.46. The van der Waals surface area contributed by atoms with Gasteiger partial charge >= 0.3 is 0 Å². The van der Waals surface area contributed by atoms with Crippen molar-refractivity contribution in [3.05, 3.63) is 45.1 Å². The van der Waals surface area contributed by atoms with Crippen LogP contribution >= 0.6 is 27.3 Å². The lowest BCUT2D eigenvalue weighted by Gasteiger charge is -2.25. The molecule has 0 saturated heterocycles. The summed E-state index contributed by atoms with van der Waals surface area (Å²) < 4.78 is 6.40. The highest BCUT2D eigenvalue weighted by molar-refractivity contribution is 9.11. The summed E-state index contributed by atoms with van der Waals surface area (Å²) >= 11 is 5.21. The van der Waals surface area contributed by atoms with E-state index < -0.39 is 0 Å². The van der Waals surface area contributed by atoms with E-state index in [2.05, 4.69) is 38.0 Å². The second-order valence-corrected chi connectivity index (χ2v) is 6.92. The molecule has 0 bridgehead atoms. The van der Waals surface area contributed by atoms with Crippen molar-refractivity contribution in [2.45, 2.75) is 6.04 Å². The Balaban J connectivity index is 1.97. The predicted octanol–water partition coefficient (Wildman–Crippen LogP) is 3.40. The van der Waals surface area contributed by atoms with E-state index in [0.717, 1.165) is 15.2 Å². The molecule has 104 valence electrons. The largest absolute Gasteiger partial charge is 0.497 e. The molecule has 0 radical (unpaired) electrons. The number of hydrogen-bond acceptors (Lipinski definition) is 5. The second-order valence-electron chi connectivity index (χ2n) is 4.43. The maximum atomic E-state index is 6.07. The monoisotopic (exact) mass is 351 g/mol. The molecule has 2 heterocycles. The molecule has 0 spiro atoms. The van der Waals surface area contributed by atoms with Gasteiger partial charge in [-0.15, -0.1) is 11.3 Å². The highest BCUT2D eigenvalue weighted by atomic mass is 79.9. The van der Waals surface area contributed by atoms with Gasteiger partial charge in [0.1, 0.15) is 5.75 Å². The van der Waals surface area contributed by atoms with Crippen molar-refractivity contribution in [1.82, 2.24) is 0 Å². The maximum Gasteiger partial charge on any atom is 0.196 e. The van der Waals surface area contributed by atoms with Gasteiger partial charge in [0.15, 0.2) is 5.96 Å². The van der Waals surface area contributed by atoms with Crippen LogP contribution in [0, 0.1) is 0 Å². The lowest BCUT2D eigenvalue weighted by atomic mass is 10.2. The minimum absolute atomic E-state index is 0.151. The smallest absolute Gasteiger partial charge is 0.196 e. The first kappa shape index (κ1) is 13.5. The van der Waals surface area contributed by atoms with Crippen LogP contribution in [0.25, 0.3) is 0 Å². The first-order valence-corrected chi connectivity index (χ1v) is 7.78. The summed E-state index contributed by atoms with van der Waals surface area (Å²) in [6.07, 6.45) is 0. The highest BCUT2D eigenvalue weighted by Gasteiger charge is 2.30. The fourth-order valence-corrected chi connectivity index (χ4v) is 3.80. The van der Waals surface area contributed by atoms with E-state index >= 15 is 0 Å². The summed E-state index contributed by atoms with van der Waals surface area (Å²) in [5, 5.41) is 0. The number of halogens is 1. The molecule has 20 heavy (non-hydrogen) atoms. The molecule has 1 unspecified atom stereocenters. The number of nitrogens with two attached hydrogens (primary N) is 1. The Hall–Kier alpha value is -1.53. The van der Waals surface area contributed by atoms with Gasteiger partial charge in [-0.3, -0.25) is 4.99 Å². The number of thiophene rings is 1. The van der Waals surface area contributed by atoms with Crippen molar-refractivity contribution in [3.63, 3.8) is 0 Å². The summed E-state index contributed by atoms with van der Waals surface area (Å²) in [5.74, 6) is 1.36. The quantitative estimate of drug-likeness (QED) is 0.921. The Labute approximate surface area is 130 Å². The van der Waals surface area contributed by atoms with Gasteiger partial charge in [-0.2, -0.15) is 0 Å². The number of nitrogens with zero attached hydrogens (tertiary/aromatic N) is 2. The molecule has 1 aliphatic heterocycles. The van der Waals surface area contributed by atoms with Crippen LogP contribution in [0.5, 0.6) is 5.75 Å². The summed E-state index contributed by atoms with van der Waals surface area (Å²) in [7, 11) is 1.66. The van der Waals surface area contributed by atoms with Gasteiger partial charge in [0, 0.05) is 16.6 Å². The van der Waals surface area contributed by atoms with Crippen LogP contribution in [0.2, 0.25) is 0 Å². The molecule has 1 atom stereocenters. The van der Waals surface area contributed by atoms with Gasteiger partial charge in [-0.1, -0.05) is 6.07 Å². The standard InChI is InChI=1S/C14H14BrN3OS/c1-19-10-4-2-3-9(7-10)18-11(8-17-14(18)16)12-5-6-13(15)20-12/h2-7,11H,8H2,1H3,(H2,16,17). The Morgan fingerprint density at radius 1 is 1.40 bits per heavy atom. The SMILES string of the molecule is COc1cccc(N2C(N)=NCC2c2ccc(Br)s2)c1. The summed E-state index contributed by atoms with van der Waals surface area (Å²) in [6, 6.07) is 12.2. The molecule has 1 aliphatic rings. The lowest BCUT2D eigenvalue weighted by Crippen LogP contribution is -2.35. The Bertz CT molecular complexity index is 655. The molecule has 1 aromatic heterocycles. The van der Waals surface area contributed by atoms with Crippen LogP contribution in [-0.4, -0.2) is 19.6 Å². The molecule has 2 N–H and O–H groups in total. The number of anilines is 1. The topological polar surface area (TPSA) is 50.9 Å². The minimum atomic E-state index is 0.151. The van der Waals surface area contributed by atoms with E-state index in [-0.39, 0.29) is 6.04 Å². The van der Waals surface area contributed by atoms with Crippen LogP contribution in [-0.2, 0) is 0 Å². The summed E-state index contributed by atoms with van der Waals surface area (Å²) in [4.78, 5) is 7.68. The van der Waals surface area contributed by atoms with Gasteiger partial charge in [0.05, 0.1) is 23.5 Å². The summed E-state index contributed by atoms with van der Waals surface area (Å²) in [5.41, 5.74) is 7.06. The van der Waals surface area contributed by atoms with E-state index in [1.807, 2.05) is 24.3 Å². The molecule has 1 aromatic carbocycles. The number of aliphatic imine (C=N–C) groups is 1. The van der Waals surface area contributed by atoms with Crippen molar-refractivity contribution in [3.8, 4) is 5.75 Å². The number of ether oxygens (including phenoxy) is 1. The van der Waals surface area contributed by atoms with E-state index in [4.69, 9.17) is 10.5 Å². The van der Waals surface area contributed by atoms with Crippen LogP contribution in [0.1, 0.15) is 10.9 Å². The predicted molar refractivity (Wildman–Crippen MR) is 86.7 cm³/mol. The Kier molecular flexibility index (Phi) is 3.67. The van der Waals surface area contributed by atoms with Crippen LogP contribution < -0.4 is 15.4 Å². The fraction of sp³-hybridized carbons (Fsp3) is 0.214. The minimum Gasteiger partial charge on any atom is -0.497 e. The normalized spacial score (nSPS) is 18.2. The molecular formula is C14H14BrN3OS. The van der Waals surface area contributed by atoms with Gasteiger partial charge in [0.25, 0.3) is 0 Å². The molecule has 3 rings (SSSR count). The van der Waals surface area contributed by atoms with E-state index in [0.29, 0.717) is 12.5 Å². The third kappa shape index (κ3) is 2.41. The van der Waals surface area contributed by atoms with E-state index in [9.17, 15) is 0 Å². The zero-order valence-electron chi connectivity index (χ0n) is 10.9. The maximum absolute atomic E-state index is 6.07. The summed E-state index contributed by atoms with van der Waals surface area (Å²) in [6.45, 7) is 0.677. The zero-order valence-corrected chi connectivity index (χ0v) is 13.3. The van der Waals surface area contributed by atoms with Crippen molar-refractivity contribution < 1.29 is 4.74 Å². The number of rotatable bonds is 3. The Morgan fingerprint density at radius 2 is 2.25 bits per heavy atom. The molecular weight excluding hydrogens is 338 g/mol. The number of methoxy groups -OCH3 is 1. The van der Waals surface area contributed by atoms with Crippen molar-refractivity contribution in [1.29, 1.82) is 0 Å². The number of hydrogen-bond donors (Lipinski definition) is 1. The Morgan fingerprint density at radius 3 is 2.95 bits per heavy atom. The molecule has 2 aromatic rings. The number of benzene rings is 1. The first-order chi connectivity index (χ1) is 9.69. The van der Waals surface area contributed by atoms with Crippen LogP contribution in [0.15, 0.2) is 45.2 Å². The number of guanidine groups is 1. The molecule has 0 amide bonds. The van der Waals surface area contributed by atoms with Gasteiger partial charge in [0.2, 0.25) is 0 Å². The first-order valence-electron chi connectivity index (χ1n) is 6.17. The average Bonchev–Trinajstić information content (AvgIpc) is 3.05. The third-order valence-electron chi connectivity index (χ3n) is 3.24. The van der Waals surface area contributed by atoms with Gasteiger partial charge in [-0.05, 0) is 40.2 Å². The molecule has 0 saturated carbocycles. The van der Waals surface area contributed by atoms with Crippen LogP contribution in [0.3, 0.4) is 0 Å². The molecule has 6 heteroatoms. The molecule has 4 nitrogen and oxygen atoms in total. The zero-order chi connectivity index (χ0) is 14.1. The third-order valence-corrected chi connectivity index (χ3v) is 4.96. The van der Waals surface area contributed by atoms with Crippen LogP contribution in [0.4, 0.5) is 5.69 Å². The van der Waals surface area contributed by atoms with Crippen molar-refractivity contribution in [2.75, 3.05) is 18.6 Å². The van der Waals surface area contributed by atoms with Crippen molar-refractivity contribution >= 4 is 38.9 Å². The highest BCUT2D eigenvalue weighted by Crippen LogP contribution is 2.37. The lowest BCUT2D eigenvalue weighted by molar-refractivity contribution is 0.415. The van der Waals surface area contributed by atoms with E-state index in [1.165, 1.54) is 4.88 Å². The fourth-order valence-electron chi connectivity index (χ4n) is 2.29. The van der Waals surface area contributed by atoms with Crippen molar-refractivity contribution in [2.24, 2.45) is 10.7 Å². The molecule has 0 aliphatic carbocycles. The van der Waals surface area contributed by atoms with Gasteiger partial charge in [-0.25, -0.2) is 0 Å². The van der Waals surface area contributed by atoms with Gasteiger partial charge < -0.3 is 15.4 Å². The average molecular weight is 352 g/mol. The van der Waals surface area contributed by atoms with E-state index in [1.54, 1.807) is 18.4 Å². The molecule has 0 fully saturated rings.